The minimum Gasteiger partial charge on any atom is -0.480 e. The Kier molecular flexibility index (Phi) is 3.31. The maximum Gasteiger partial charge on any atom is 0.231 e. The van der Waals surface area contributed by atoms with E-state index in [1.54, 1.807) is 25.7 Å². The minimum absolute atomic E-state index is 0. The highest BCUT2D eigenvalue weighted by molar-refractivity contribution is 5.00. The molecule has 0 unspecified atom stereocenters. The van der Waals surface area contributed by atoms with E-state index in [1.165, 1.54) is 0 Å². The van der Waals surface area contributed by atoms with Gasteiger partial charge in [-0.3, -0.25) is 4.98 Å². The molecule has 3 N–H and O–H groups in total. The summed E-state index contributed by atoms with van der Waals surface area (Å²) in [6, 6.07) is 0. The van der Waals surface area contributed by atoms with E-state index in [4.69, 9.17) is 4.74 Å². The van der Waals surface area contributed by atoms with Crippen LogP contribution >= 0.6 is 0 Å². The zero-order valence-corrected chi connectivity index (χ0v) is 5.24. The molecule has 0 aromatic carbocycles. The van der Waals surface area contributed by atoms with Gasteiger partial charge in [0, 0.05) is 12.4 Å². The quantitative estimate of drug-likeness (QED) is 0.601. The van der Waals surface area contributed by atoms with Gasteiger partial charge in [-0.05, 0) is 0 Å². The molecule has 0 bridgehead atoms. The van der Waals surface area contributed by atoms with E-state index in [2.05, 4.69) is 9.97 Å². The lowest BCUT2D eigenvalue weighted by Crippen LogP contribution is -1.85. The molecule has 1 aromatic heterocycles. The van der Waals surface area contributed by atoms with Crippen molar-refractivity contribution in [1.29, 1.82) is 0 Å². The van der Waals surface area contributed by atoms with Crippen LogP contribution in [-0.4, -0.2) is 17.1 Å². The third kappa shape index (κ3) is 2.05. The molecule has 9 heavy (non-hydrogen) atoms. The van der Waals surface area contributed by atoms with Crippen LogP contribution < -0.4 is 10.9 Å². The zero-order valence-electron chi connectivity index (χ0n) is 5.24. The largest absolute Gasteiger partial charge is 0.480 e. The molecule has 0 amide bonds. The summed E-state index contributed by atoms with van der Waals surface area (Å²) in [5.41, 5.74) is 0. The predicted molar refractivity (Wildman–Crippen MR) is 33.6 cm³/mol. The van der Waals surface area contributed by atoms with E-state index >= 15 is 0 Å². The number of ether oxygens (including phenoxy) is 1. The molecule has 4 nitrogen and oxygen atoms in total. The highest BCUT2D eigenvalue weighted by atomic mass is 16.5. The Balaban J connectivity index is 0.000000640. The molecule has 0 aliphatic heterocycles. The Labute approximate surface area is 53.5 Å². The molecule has 0 fully saturated rings. The van der Waals surface area contributed by atoms with E-state index in [-0.39, 0.29) is 6.15 Å². The summed E-state index contributed by atoms with van der Waals surface area (Å²) < 4.78 is 4.74. The molecule has 1 aromatic rings. The average Bonchev–Trinajstić information content (AvgIpc) is 1.90. The van der Waals surface area contributed by atoms with Crippen LogP contribution in [-0.2, 0) is 0 Å². The average molecular weight is 127 g/mol. The van der Waals surface area contributed by atoms with Crippen LogP contribution in [0.3, 0.4) is 0 Å². The van der Waals surface area contributed by atoms with Crippen LogP contribution in [0.2, 0.25) is 0 Å². The first-order valence-corrected chi connectivity index (χ1v) is 2.23. The van der Waals surface area contributed by atoms with Crippen molar-refractivity contribution in [2.75, 3.05) is 7.11 Å². The van der Waals surface area contributed by atoms with Crippen LogP contribution in [0, 0.1) is 0 Å². The second kappa shape index (κ2) is 3.80. The topological polar surface area (TPSA) is 70.0 Å². The summed E-state index contributed by atoms with van der Waals surface area (Å²) in [6.45, 7) is 0. The van der Waals surface area contributed by atoms with Gasteiger partial charge in [0.2, 0.25) is 5.88 Å². The second-order valence-corrected chi connectivity index (χ2v) is 1.25. The molecule has 4 heteroatoms. The maximum absolute atomic E-state index is 4.74. The van der Waals surface area contributed by atoms with Gasteiger partial charge in [0.15, 0.2) is 0 Å². The molecule has 0 aliphatic rings. The molecule has 0 saturated carbocycles. The van der Waals surface area contributed by atoms with E-state index in [0.717, 1.165) is 0 Å². The Hall–Kier alpha value is -1.16. The Morgan fingerprint density at radius 3 is 2.56 bits per heavy atom. The van der Waals surface area contributed by atoms with Crippen LogP contribution in [0.25, 0.3) is 0 Å². The fourth-order valence-corrected chi connectivity index (χ4v) is 0.391. The molecule has 0 aliphatic carbocycles. The molecule has 1 rings (SSSR count). The summed E-state index contributed by atoms with van der Waals surface area (Å²) in [7, 11) is 1.56. The van der Waals surface area contributed by atoms with Gasteiger partial charge in [0.25, 0.3) is 0 Å². The van der Waals surface area contributed by atoms with Gasteiger partial charge < -0.3 is 10.9 Å². The summed E-state index contributed by atoms with van der Waals surface area (Å²) in [5.74, 6) is 0.549. The van der Waals surface area contributed by atoms with Gasteiger partial charge in [-0.25, -0.2) is 4.98 Å². The minimum atomic E-state index is 0. The number of hydrogen-bond donors (Lipinski definition) is 1. The second-order valence-electron chi connectivity index (χ2n) is 1.25. The van der Waals surface area contributed by atoms with Crippen molar-refractivity contribution in [3.05, 3.63) is 18.6 Å². The fraction of sp³-hybridized carbons (Fsp3) is 0.200. The van der Waals surface area contributed by atoms with Gasteiger partial charge in [-0.1, -0.05) is 0 Å². The number of aromatic nitrogens is 2. The molecular weight excluding hydrogens is 118 g/mol. The Morgan fingerprint density at radius 1 is 1.44 bits per heavy atom. The molecule has 0 spiro atoms. The fourth-order valence-electron chi connectivity index (χ4n) is 0.391. The Morgan fingerprint density at radius 2 is 2.22 bits per heavy atom. The van der Waals surface area contributed by atoms with Crippen molar-refractivity contribution < 1.29 is 4.74 Å². The first-order chi connectivity index (χ1) is 3.93. The van der Waals surface area contributed by atoms with Crippen LogP contribution in [0.5, 0.6) is 5.88 Å². The SMILES string of the molecule is COc1cnccn1.N. The standard InChI is InChI=1S/C5H6N2O.H3N/c1-8-5-4-6-2-3-7-5;/h2-4H,1H3;1H3. The highest BCUT2D eigenvalue weighted by Gasteiger charge is 1.83. The van der Waals surface area contributed by atoms with Gasteiger partial charge in [-0.2, -0.15) is 0 Å². The summed E-state index contributed by atoms with van der Waals surface area (Å²) >= 11 is 0. The van der Waals surface area contributed by atoms with Crippen LogP contribution in [0.1, 0.15) is 0 Å². The van der Waals surface area contributed by atoms with Gasteiger partial charge >= 0.3 is 0 Å². The molecule has 0 atom stereocenters. The lowest BCUT2D eigenvalue weighted by Gasteiger charge is -1.91. The van der Waals surface area contributed by atoms with Gasteiger partial charge in [0.1, 0.15) is 0 Å². The first kappa shape index (κ1) is 7.84. The van der Waals surface area contributed by atoms with E-state index in [0.29, 0.717) is 5.88 Å². The predicted octanol–water partition coefficient (Wildman–Crippen LogP) is 0.647. The van der Waals surface area contributed by atoms with Crippen molar-refractivity contribution in [2.45, 2.75) is 0 Å². The molecular formula is C5H9N3O. The van der Waals surface area contributed by atoms with Crippen molar-refractivity contribution in [3.8, 4) is 5.88 Å². The van der Waals surface area contributed by atoms with E-state index in [1.807, 2.05) is 0 Å². The lowest BCUT2D eigenvalue weighted by molar-refractivity contribution is 0.395. The third-order valence-electron chi connectivity index (χ3n) is 0.749. The van der Waals surface area contributed by atoms with Crippen molar-refractivity contribution >= 4 is 0 Å². The maximum atomic E-state index is 4.74. The number of nitrogens with zero attached hydrogens (tertiary/aromatic N) is 2. The summed E-state index contributed by atoms with van der Waals surface area (Å²) in [6.07, 6.45) is 4.74. The van der Waals surface area contributed by atoms with Crippen LogP contribution in [0.4, 0.5) is 0 Å². The van der Waals surface area contributed by atoms with Crippen LogP contribution in [0.15, 0.2) is 18.6 Å². The van der Waals surface area contributed by atoms with Gasteiger partial charge in [-0.15, -0.1) is 0 Å². The van der Waals surface area contributed by atoms with E-state index < -0.39 is 0 Å². The number of rotatable bonds is 1. The first-order valence-electron chi connectivity index (χ1n) is 2.23. The monoisotopic (exact) mass is 127 g/mol. The zero-order chi connectivity index (χ0) is 5.82. The van der Waals surface area contributed by atoms with Gasteiger partial charge in [0.05, 0.1) is 13.3 Å². The molecule has 50 valence electrons. The van der Waals surface area contributed by atoms with Crippen molar-refractivity contribution in [3.63, 3.8) is 0 Å². The molecule has 0 radical (unpaired) electrons. The molecule has 0 saturated heterocycles. The summed E-state index contributed by atoms with van der Waals surface area (Å²) in [5, 5.41) is 0. The lowest BCUT2D eigenvalue weighted by atomic mass is 10.7. The summed E-state index contributed by atoms with van der Waals surface area (Å²) in [4.78, 5) is 7.58. The van der Waals surface area contributed by atoms with Crippen molar-refractivity contribution in [1.82, 2.24) is 16.1 Å². The highest BCUT2D eigenvalue weighted by Crippen LogP contribution is 1.96. The Bertz CT molecular complexity index is 154. The smallest absolute Gasteiger partial charge is 0.231 e. The van der Waals surface area contributed by atoms with E-state index in [9.17, 15) is 0 Å². The number of hydrogen-bond acceptors (Lipinski definition) is 4. The normalized spacial score (nSPS) is 7.67. The third-order valence-corrected chi connectivity index (χ3v) is 0.749. The van der Waals surface area contributed by atoms with Crippen molar-refractivity contribution in [2.24, 2.45) is 0 Å². The molecule has 1 heterocycles. The number of methoxy groups -OCH3 is 1.